The molecule has 0 aromatic heterocycles. The van der Waals surface area contributed by atoms with Gasteiger partial charge in [0.2, 0.25) is 29.5 Å². The number of carbonyl (C=O) groups is 8. The molecule has 2 saturated heterocycles. The molecular weight excluding hydrogens is 937 g/mol. The summed E-state index contributed by atoms with van der Waals surface area (Å²) in [6, 6.07) is 17.2. The molecule has 3 aromatic carbocycles. The Bertz CT molecular complexity index is 2430. The highest BCUT2D eigenvalue weighted by Gasteiger charge is 2.48. The number of likely N-dealkylation sites (N-methyl/N-ethyl adjacent to an activating group) is 1. The Labute approximate surface area is 436 Å². The number of benzene rings is 3. The van der Waals surface area contributed by atoms with Gasteiger partial charge in [0, 0.05) is 54.6 Å². The molecule has 7 rings (SSSR count). The van der Waals surface area contributed by atoms with Gasteiger partial charge in [0.25, 0.3) is 11.8 Å². The van der Waals surface area contributed by atoms with Gasteiger partial charge >= 0.3 is 0 Å². The molecule has 6 N–H and O–H groups in total. The predicted molar refractivity (Wildman–Crippen MR) is 282 cm³/mol. The molecule has 2 aliphatic carbocycles. The van der Waals surface area contributed by atoms with Crippen LogP contribution in [0.5, 0.6) is 0 Å². The van der Waals surface area contributed by atoms with Crippen LogP contribution in [0.2, 0.25) is 0 Å². The molecule has 2 aliphatic heterocycles. The van der Waals surface area contributed by atoms with Gasteiger partial charge in [-0.2, -0.15) is 0 Å². The van der Waals surface area contributed by atoms with Gasteiger partial charge in [-0.1, -0.05) is 104 Å². The summed E-state index contributed by atoms with van der Waals surface area (Å²) in [5.74, 6) is -3.72. The third kappa shape index (κ3) is 12.6. The van der Waals surface area contributed by atoms with E-state index in [0.29, 0.717) is 6.42 Å². The van der Waals surface area contributed by atoms with E-state index in [0.717, 1.165) is 42.4 Å². The number of aryl methyl sites for hydroxylation is 2. The van der Waals surface area contributed by atoms with E-state index in [2.05, 4.69) is 44.0 Å². The Kier molecular flexibility index (Phi) is 17.2. The highest BCUT2D eigenvalue weighted by atomic mass is 16.2. The largest absolute Gasteiger partial charge is 0.347 e. The summed E-state index contributed by atoms with van der Waals surface area (Å²) < 4.78 is 0. The van der Waals surface area contributed by atoms with E-state index < -0.39 is 70.7 Å². The normalized spacial score (nSPS) is 22.9. The van der Waals surface area contributed by atoms with Crippen LogP contribution < -0.4 is 31.9 Å². The van der Waals surface area contributed by atoms with Gasteiger partial charge in [-0.15, -0.1) is 0 Å². The lowest BCUT2D eigenvalue weighted by molar-refractivity contribution is -0.146. The number of hydrogen-bond donors (Lipinski definition) is 6. The lowest BCUT2D eigenvalue weighted by Gasteiger charge is -2.36. The minimum Gasteiger partial charge on any atom is -0.347 e. The van der Waals surface area contributed by atoms with Crippen molar-refractivity contribution in [1.82, 2.24) is 41.7 Å². The summed E-state index contributed by atoms with van der Waals surface area (Å²) in [5, 5.41) is 18.4. The van der Waals surface area contributed by atoms with E-state index in [1.165, 1.54) is 39.6 Å². The molecule has 10 atom stereocenters. The molecule has 0 saturated carbocycles. The van der Waals surface area contributed by atoms with Crippen LogP contribution in [0.15, 0.2) is 72.8 Å². The Balaban J connectivity index is 1.05. The van der Waals surface area contributed by atoms with Gasteiger partial charge in [-0.05, 0) is 116 Å². The zero-order valence-corrected chi connectivity index (χ0v) is 44.9. The second kappa shape index (κ2) is 23.0. The number of fused-ring (bicyclic) bond motifs is 2. The molecule has 0 bridgehead atoms. The maximum atomic E-state index is 14.6. The molecule has 4 aliphatic rings. The minimum atomic E-state index is -0.936. The Hall–Kier alpha value is -6.42. The summed E-state index contributed by atoms with van der Waals surface area (Å²) in [7, 11) is 1.69. The summed E-state index contributed by atoms with van der Waals surface area (Å²) in [6.45, 7) is 16.9. The SMILES string of the molecule is CC[C@@H](C)C(=O)N[C@H](C(=O)N1C[C@@H](NC(=O)c2ccc(C(=O)N[C@H]3C[C@@H](C(=O)N[C@@H]4CCc5ccccc54)N(C(=O)[C@@H](CC(=O)[C@H](C)NC)C(C)(C)C)C3)cc2)C[C@H]1C(=O)N[C@@H]1CCc2ccccc21)C(C)(C)C. The molecule has 2 fully saturated rings. The van der Waals surface area contributed by atoms with Gasteiger partial charge < -0.3 is 41.7 Å². The van der Waals surface area contributed by atoms with Crippen LogP contribution in [0, 0.1) is 22.7 Å². The number of nitrogens with zero attached hydrogens (tertiary/aromatic N) is 2. The van der Waals surface area contributed by atoms with Crippen molar-refractivity contribution >= 4 is 47.1 Å². The molecule has 3 aromatic rings. The van der Waals surface area contributed by atoms with Gasteiger partial charge in [0.1, 0.15) is 23.9 Å². The number of nitrogens with one attached hydrogen (secondary N) is 6. The quantitative estimate of drug-likeness (QED) is 0.101. The smallest absolute Gasteiger partial charge is 0.251 e. The number of rotatable bonds is 17. The standard InChI is InChI=1S/C58H78N8O8/c1-11-33(2)50(68)64-49(58(7,8)9)56(74)66-32-40(29-47(66)54(72)63-45-27-25-36-17-13-15-19-42(36)45)61-52(70)38-22-20-37(21-23-38)51(69)60-39-28-46(53(71)62-44-26-24-35-16-12-14-18-41(35)44)65(31-39)55(73)43(57(4,5)6)30-48(67)34(3)59-10/h12-23,33-34,39-40,43-47,49,59H,11,24-32H2,1-10H3,(H,60,69)(H,61,70)(H,62,71)(H,63,72)(H,64,68)/t33-,34+,39+,40+,43-,44-,45-,46+,47+,49-/m1/s1. The highest BCUT2D eigenvalue weighted by molar-refractivity contribution is 5.99. The zero-order chi connectivity index (χ0) is 53.8. The number of likely N-dealkylation sites (tertiary alicyclic amines) is 2. The number of ketones is 1. The Morgan fingerprint density at radius 3 is 1.47 bits per heavy atom. The fourth-order valence-corrected chi connectivity index (χ4v) is 10.9. The number of Topliss-reactive ketones (excluding diaryl/α,β-unsaturated/α-hetero) is 1. The van der Waals surface area contributed by atoms with Crippen molar-refractivity contribution in [3.05, 3.63) is 106 Å². The molecule has 74 heavy (non-hydrogen) atoms. The Morgan fingerprint density at radius 2 is 1.05 bits per heavy atom. The first-order chi connectivity index (χ1) is 35.0. The molecule has 7 amide bonds. The van der Waals surface area contributed by atoms with Crippen LogP contribution in [-0.2, 0) is 41.6 Å². The maximum absolute atomic E-state index is 14.6. The molecule has 2 heterocycles. The maximum Gasteiger partial charge on any atom is 0.251 e. The molecule has 0 radical (unpaired) electrons. The van der Waals surface area contributed by atoms with Crippen molar-refractivity contribution in [2.45, 2.75) is 162 Å². The number of hydrogen-bond acceptors (Lipinski definition) is 9. The molecule has 0 unspecified atom stereocenters. The van der Waals surface area contributed by atoms with Crippen molar-refractivity contribution in [3.63, 3.8) is 0 Å². The van der Waals surface area contributed by atoms with Crippen molar-refractivity contribution in [3.8, 4) is 0 Å². The average Bonchev–Trinajstić information content (AvgIpc) is 4.19. The topological polar surface area (TPSA) is 215 Å². The van der Waals surface area contributed by atoms with Crippen molar-refractivity contribution in [2.24, 2.45) is 22.7 Å². The minimum absolute atomic E-state index is 0.0130. The highest BCUT2D eigenvalue weighted by Crippen LogP contribution is 2.36. The lowest BCUT2D eigenvalue weighted by Crippen LogP contribution is -2.58. The van der Waals surface area contributed by atoms with Crippen LogP contribution in [0.25, 0.3) is 0 Å². The van der Waals surface area contributed by atoms with Crippen LogP contribution in [0.1, 0.15) is 156 Å². The van der Waals surface area contributed by atoms with E-state index in [9.17, 15) is 38.4 Å². The third-order valence-corrected chi connectivity index (χ3v) is 15.9. The monoisotopic (exact) mass is 1010 g/mol. The first-order valence-corrected chi connectivity index (χ1v) is 26.6. The molecule has 398 valence electrons. The van der Waals surface area contributed by atoms with E-state index in [1.54, 1.807) is 20.9 Å². The van der Waals surface area contributed by atoms with Gasteiger partial charge in [-0.25, -0.2) is 0 Å². The summed E-state index contributed by atoms with van der Waals surface area (Å²) in [5.41, 5.74) is 3.61. The predicted octanol–water partition coefficient (Wildman–Crippen LogP) is 5.50. The van der Waals surface area contributed by atoms with Crippen molar-refractivity contribution in [2.75, 3.05) is 20.1 Å². The van der Waals surface area contributed by atoms with Crippen LogP contribution in [-0.4, -0.2) is 113 Å². The van der Waals surface area contributed by atoms with Crippen LogP contribution >= 0.6 is 0 Å². The lowest BCUT2D eigenvalue weighted by atomic mass is 9.76. The van der Waals surface area contributed by atoms with Crippen molar-refractivity contribution in [1.29, 1.82) is 0 Å². The average molecular weight is 1020 g/mol. The molecule has 16 nitrogen and oxygen atoms in total. The second-order valence-electron chi connectivity index (χ2n) is 23.2. The number of carbonyl (C=O) groups excluding carboxylic acids is 8. The van der Waals surface area contributed by atoms with E-state index in [-0.39, 0.29) is 90.9 Å². The summed E-state index contributed by atoms with van der Waals surface area (Å²) in [6.07, 6.45) is 3.96. The van der Waals surface area contributed by atoms with Gasteiger partial charge in [0.05, 0.1) is 18.1 Å². The third-order valence-electron chi connectivity index (χ3n) is 15.9. The molecule has 0 spiro atoms. The zero-order valence-electron chi connectivity index (χ0n) is 44.9. The first-order valence-electron chi connectivity index (χ1n) is 26.6. The van der Waals surface area contributed by atoms with E-state index in [1.807, 2.05) is 84.9 Å². The Morgan fingerprint density at radius 1 is 0.608 bits per heavy atom. The first kappa shape index (κ1) is 55.3. The van der Waals surface area contributed by atoms with Crippen molar-refractivity contribution < 1.29 is 38.4 Å². The summed E-state index contributed by atoms with van der Waals surface area (Å²) in [4.78, 5) is 115. The van der Waals surface area contributed by atoms with E-state index in [4.69, 9.17) is 0 Å². The van der Waals surface area contributed by atoms with Gasteiger partial charge in [-0.3, -0.25) is 38.4 Å². The van der Waals surface area contributed by atoms with Crippen LogP contribution in [0.4, 0.5) is 0 Å². The number of amides is 7. The summed E-state index contributed by atoms with van der Waals surface area (Å²) >= 11 is 0. The van der Waals surface area contributed by atoms with Gasteiger partial charge in [0.15, 0.2) is 0 Å². The van der Waals surface area contributed by atoms with E-state index >= 15 is 0 Å². The second-order valence-corrected chi connectivity index (χ2v) is 23.2. The molecular formula is C58H78N8O8. The fraction of sp³-hybridized carbons (Fsp3) is 0.552. The fourth-order valence-electron chi connectivity index (χ4n) is 10.9. The van der Waals surface area contributed by atoms with Crippen LogP contribution in [0.3, 0.4) is 0 Å². The molecule has 16 heteroatoms.